The highest BCUT2D eigenvalue weighted by Gasteiger charge is 2.12. The van der Waals surface area contributed by atoms with E-state index in [9.17, 15) is 4.79 Å². The Morgan fingerprint density at radius 2 is 2.18 bits per heavy atom. The Balaban J connectivity index is 2.69. The number of nitrogens with one attached hydrogen (secondary N) is 1. The van der Waals surface area contributed by atoms with Crippen LogP contribution in [0.15, 0.2) is 23.1 Å². The first-order valence-electron chi connectivity index (χ1n) is 5.22. The first-order chi connectivity index (χ1) is 8.09. The van der Waals surface area contributed by atoms with Crippen LogP contribution in [0.3, 0.4) is 0 Å². The average molecular weight is 248 g/mol. The Labute approximate surface area is 102 Å². The third-order valence-corrected chi connectivity index (χ3v) is 3.30. The smallest absolute Gasteiger partial charge is 0.275 e. The Kier molecular flexibility index (Phi) is 2.03. The fourth-order valence-electron chi connectivity index (χ4n) is 2.08. The lowest BCUT2D eigenvalue weighted by Gasteiger charge is -2.03. The van der Waals surface area contributed by atoms with Crippen molar-refractivity contribution < 1.29 is 0 Å². The van der Waals surface area contributed by atoms with Gasteiger partial charge in [-0.2, -0.15) is 0 Å². The Hall–Kier alpha value is -1.81. The summed E-state index contributed by atoms with van der Waals surface area (Å²) in [7, 11) is 1.68. The number of aryl methyl sites for hydroxylation is 2. The summed E-state index contributed by atoms with van der Waals surface area (Å²) in [5.41, 5.74) is 2.52. The van der Waals surface area contributed by atoms with Gasteiger partial charge in [0.25, 0.3) is 5.56 Å². The van der Waals surface area contributed by atoms with Crippen molar-refractivity contribution in [2.75, 3.05) is 0 Å². The Morgan fingerprint density at radius 1 is 1.41 bits per heavy atom. The molecule has 86 valence electrons. The van der Waals surface area contributed by atoms with Crippen molar-refractivity contribution in [2.24, 2.45) is 7.05 Å². The third kappa shape index (κ3) is 1.31. The number of hydrogen-bond donors (Lipinski definition) is 1. The number of aromatic amines is 1. The van der Waals surface area contributed by atoms with Gasteiger partial charge >= 0.3 is 0 Å². The summed E-state index contributed by atoms with van der Waals surface area (Å²) in [5, 5.41) is 4.99. The predicted octanol–water partition coefficient (Wildman–Crippen LogP) is 2.38. The molecule has 0 saturated carbocycles. The number of H-pyrrole nitrogens is 1. The minimum Gasteiger partial charge on any atom is -0.294 e. The molecule has 0 spiro atoms. The molecule has 0 saturated heterocycles. The highest BCUT2D eigenvalue weighted by atomic mass is 35.5. The van der Waals surface area contributed by atoms with Crippen molar-refractivity contribution in [1.82, 2.24) is 14.8 Å². The first kappa shape index (κ1) is 10.4. The Morgan fingerprint density at radius 3 is 2.94 bits per heavy atom. The van der Waals surface area contributed by atoms with E-state index in [1.807, 2.05) is 19.1 Å². The van der Waals surface area contributed by atoms with Crippen LogP contribution in [0.1, 0.15) is 5.56 Å². The van der Waals surface area contributed by atoms with Crippen LogP contribution in [0.4, 0.5) is 0 Å². The second-order valence-corrected chi connectivity index (χ2v) is 4.52. The van der Waals surface area contributed by atoms with Crippen LogP contribution in [-0.4, -0.2) is 14.8 Å². The second-order valence-electron chi connectivity index (χ2n) is 4.11. The number of halogens is 1. The van der Waals surface area contributed by atoms with E-state index in [4.69, 9.17) is 11.6 Å². The van der Waals surface area contributed by atoms with Crippen LogP contribution in [0.2, 0.25) is 5.02 Å². The number of fused-ring (bicyclic) bond motifs is 3. The zero-order chi connectivity index (χ0) is 12.2. The summed E-state index contributed by atoms with van der Waals surface area (Å²) in [6.07, 6.45) is 1.60. The molecule has 2 heterocycles. The molecule has 1 N–H and O–H groups in total. The van der Waals surface area contributed by atoms with E-state index in [0.29, 0.717) is 10.4 Å². The molecule has 0 aliphatic carbocycles. The Bertz CT molecular complexity index is 801. The van der Waals surface area contributed by atoms with E-state index in [1.54, 1.807) is 13.2 Å². The van der Waals surface area contributed by atoms with Gasteiger partial charge in [0.2, 0.25) is 0 Å². The fourth-order valence-corrected chi connectivity index (χ4v) is 2.33. The largest absolute Gasteiger partial charge is 0.294 e. The maximum Gasteiger partial charge on any atom is 0.275 e. The minimum absolute atomic E-state index is 0.0908. The molecule has 0 unspecified atom stereocenters. The molecule has 0 bridgehead atoms. The zero-order valence-electron chi connectivity index (χ0n) is 9.41. The predicted molar refractivity (Wildman–Crippen MR) is 68.6 cm³/mol. The van der Waals surface area contributed by atoms with Gasteiger partial charge in [-0.3, -0.25) is 19.6 Å². The number of pyridine rings is 1. The van der Waals surface area contributed by atoms with Gasteiger partial charge < -0.3 is 0 Å². The van der Waals surface area contributed by atoms with E-state index < -0.39 is 0 Å². The maximum atomic E-state index is 11.8. The van der Waals surface area contributed by atoms with E-state index in [1.165, 1.54) is 4.68 Å². The summed E-state index contributed by atoms with van der Waals surface area (Å²) in [4.78, 5) is 16.1. The van der Waals surface area contributed by atoms with Crippen molar-refractivity contribution in [3.8, 4) is 0 Å². The van der Waals surface area contributed by atoms with Crippen LogP contribution in [-0.2, 0) is 7.05 Å². The summed E-state index contributed by atoms with van der Waals surface area (Å²) in [6, 6.07) is 3.75. The van der Waals surface area contributed by atoms with Crippen molar-refractivity contribution in [1.29, 1.82) is 0 Å². The number of nitrogens with zero attached hydrogens (tertiary/aromatic N) is 2. The number of aromatic nitrogens is 3. The van der Waals surface area contributed by atoms with E-state index in [2.05, 4.69) is 10.1 Å². The van der Waals surface area contributed by atoms with Crippen LogP contribution in [0, 0.1) is 6.92 Å². The molecule has 0 aliphatic rings. The number of rotatable bonds is 0. The summed E-state index contributed by atoms with van der Waals surface area (Å²) < 4.78 is 1.43. The first-order valence-corrected chi connectivity index (χ1v) is 5.60. The van der Waals surface area contributed by atoms with E-state index in [0.717, 1.165) is 22.0 Å². The van der Waals surface area contributed by atoms with Gasteiger partial charge in [0.15, 0.2) is 0 Å². The second kappa shape index (κ2) is 3.34. The quantitative estimate of drug-likeness (QED) is 0.663. The molecular formula is C12H10ClN3O. The van der Waals surface area contributed by atoms with Gasteiger partial charge in [0.05, 0.1) is 21.4 Å². The normalized spacial score (nSPS) is 11.5. The van der Waals surface area contributed by atoms with Gasteiger partial charge in [-0.05, 0) is 18.6 Å². The van der Waals surface area contributed by atoms with Gasteiger partial charge in [-0.15, -0.1) is 0 Å². The molecule has 2 aromatic heterocycles. The molecule has 5 heteroatoms. The van der Waals surface area contributed by atoms with Crippen molar-refractivity contribution in [2.45, 2.75) is 6.92 Å². The average Bonchev–Trinajstić information content (AvgIpc) is 2.60. The molecule has 3 rings (SSSR count). The molecule has 0 radical (unpaired) electrons. The lowest BCUT2D eigenvalue weighted by Crippen LogP contribution is -2.11. The lowest BCUT2D eigenvalue weighted by molar-refractivity contribution is 0.751. The molecule has 4 nitrogen and oxygen atoms in total. The van der Waals surface area contributed by atoms with Gasteiger partial charge in [-0.25, -0.2) is 0 Å². The SMILES string of the molecule is Cc1ccc(Cl)c2c1ncc1c(=O)n(C)[nH]c12. The highest BCUT2D eigenvalue weighted by Crippen LogP contribution is 2.29. The van der Waals surface area contributed by atoms with Gasteiger partial charge in [0, 0.05) is 18.6 Å². The molecule has 17 heavy (non-hydrogen) atoms. The van der Waals surface area contributed by atoms with E-state index in [-0.39, 0.29) is 5.56 Å². The van der Waals surface area contributed by atoms with Gasteiger partial charge in [-0.1, -0.05) is 17.7 Å². The van der Waals surface area contributed by atoms with Crippen molar-refractivity contribution >= 4 is 33.4 Å². The molecule has 1 aromatic carbocycles. The molecule has 0 atom stereocenters. The third-order valence-electron chi connectivity index (χ3n) is 2.99. The van der Waals surface area contributed by atoms with Crippen molar-refractivity contribution in [3.63, 3.8) is 0 Å². The maximum absolute atomic E-state index is 11.8. The highest BCUT2D eigenvalue weighted by molar-refractivity contribution is 6.37. The van der Waals surface area contributed by atoms with Crippen LogP contribution in [0.25, 0.3) is 21.8 Å². The fraction of sp³-hybridized carbons (Fsp3) is 0.167. The summed E-state index contributed by atoms with van der Waals surface area (Å²) in [6.45, 7) is 1.97. The van der Waals surface area contributed by atoms with Crippen LogP contribution < -0.4 is 5.56 Å². The topological polar surface area (TPSA) is 50.7 Å². The van der Waals surface area contributed by atoms with Gasteiger partial charge in [0.1, 0.15) is 0 Å². The molecule has 3 aromatic rings. The molecule has 0 amide bonds. The minimum atomic E-state index is -0.0908. The summed E-state index contributed by atoms with van der Waals surface area (Å²) in [5.74, 6) is 0. The molecule has 0 fully saturated rings. The zero-order valence-corrected chi connectivity index (χ0v) is 10.2. The summed E-state index contributed by atoms with van der Waals surface area (Å²) >= 11 is 6.20. The number of hydrogen-bond acceptors (Lipinski definition) is 2. The van der Waals surface area contributed by atoms with Crippen molar-refractivity contribution in [3.05, 3.63) is 39.3 Å². The standard InChI is InChI=1S/C12H10ClN3O/c1-6-3-4-8(13)9-10(6)14-5-7-11(9)15-16(2)12(7)17/h3-5,15H,1-2H3. The van der Waals surface area contributed by atoms with E-state index >= 15 is 0 Å². The van der Waals surface area contributed by atoms with Crippen LogP contribution >= 0.6 is 11.6 Å². The van der Waals surface area contributed by atoms with Crippen LogP contribution in [0.5, 0.6) is 0 Å². The molecular weight excluding hydrogens is 238 g/mol. The number of benzene rings is 1. The monoisotopic (exact) mass is 247 g/mol. The lowest BCUT2D eigenvalue weighted by atomic mass is 10.1. The molecule has 0 aliphatic heterocycles.